The minimum atomic E-state index is -1.21. The molecule has 0 saturated carbocycles. The molecular weight excluding hydrogens is 346 g/mol. The number of carboxylic acid groups (broad SMARTS) is 1. The Balaban J connectivity index is 0.000000279. The van der Waals surface area contributed by atoms with E-state index in [1.54, 1.807) is 24.3 Å². The first kappa shape index (κ1) is 20.8. The van der Waals surface area contributed by atoms with Crippen LogP contribution in [-0.2, 0) is 11.3 Å². The summed E-state index contributed by atoms with van der Waals surface area (Å²) in [5.41, 5.74) is 23.0. The van der Waals surface area contributed by atoms with Gasteiger partial charge in [0.1, 0.15) is 5.79 Å². The van der Waals surface area contributed by atoms with Crippen LogP contribution in [0.4, 0.5) is 0 Å². The molecule has 9 N–H and O–H groups in total. The molecule has 2 atom stereocenters. The van der Waals surface area contributed by atoms with Crippen LogP contribution >= 0.6 is 0 Å². The van der Waals surface area contributed by atoms with Gasteiger partial charge in [-0.25, -0.2) is 0 Å². The number of carboxylic acids is 1. The molecule has 0 aliphatic carbocycles. The number of nitrogens with zero attached hydrogens (tertiary/aromatic N) is 1. The number of hydrogen-bond donors (Lipinski definition) is 5. The molecule has 2 unspecified atom stereocenters. The Morgan fingerprint density at radius 2 is 1.81 bits per heavy atom. The van der Waals surface area contributed by atoms with Crippen molar-refractivity contribution in [1.82, 2.24) is 4.57 Å². The molecule has 1 aromatic heterocycles. The largest absolute Gasteiger partial charge is 0.481 e. The average Bonchev–Trinajstić information content (AvgIpc) is 3.22. The van der Waals surface area contributed by atoms with Crippen molar-refractivity contribution >= 4 is 11.8 Å². The number of carbonyl (C=O) groups excluding carboxylic acids is 1. The minimum absolute atomic E-state index is 0.0575. The lowest BCUT2D eigenvalue weighted by Gasteiger charge is -2.24. The molecule has 3 rings (SSSR count). The Morgan fingerprint density at radius 1 is 1.19 bits per heavy atom. The molecule has 2 aromatic rings. The van der Waals surface area contributed by atoms with Crippen molar-refractivity contribution in [2.45, 2.75) is 44.1 Å². The smallest absolute Gasteiger partial charge is 0.312 e. The summed E-state index contributed by atoms with van der Waals surface area (Å²) in [6, 6.07) is 12.2. The van der Waals surface area contributed by atoms with Gasteiger partial charge in [0.25, 0.3) is 0 Å². The summed E-state index contributed by atoms with van der Waals surface area (Å²) in [5, 5.41) is 9.13. The first-order valence-electron chi connectivity index (χ1n) is 8.81. The molecule has 0 radical (unpaired) electrons. The predicted molar refractivity (Wildman–Crippen MR) is 103 cm³/mol. The van der Waals surface area contributed by atoms with E-state index in [-0.39, 0.29) is 11.8 Å². The van der Waals surface area contributed by atoms with Crippen LogP contribution in [0.2, 0.25) is 0 Å². The first-order valence-corrected chi connectivity index (χ1v) is 8.81. The quantitative estimate of drug-likeness (QED) is 0.377. The number of rotatable bonds is 5. The lowest BCUT2D eigenvalue weighted by molar-refractivity contribution is -0.138. The second-order valence-corrected chi connectivity index (χ2v) is 6.68. The molecule has 27 heavy (non-hydrogen) atoms. The summed E-state index contributed by atoms with van der Waals surface area (Å²) in [4.78, 5) is 23.5. The number of fused-ring (bicyclic) bond motifs is 1. The van der Waals surface area contributed by atoms with Crippen LogP contribution in [0.5, 0.6) is 0 Å². The Morgan fingerprint density at radius 3 is 2.30 bits per heavy atom. The third-order valence-corrected chi connectivity index (χ3v) is 4.66. The molecule has 8 nitrogen and oxygen atoms in total. The van der Waals surface area contributed by atoms with Gasteiger partial charge >= 0.3 is 5.97 Å². The van der Waals surface area contributed by atoms with Gasteiger partial charge in [-0.3, -0.25) is 26.8 Å². The molecule has 2 heterocycles. The molecule has 146 valence electrons. The van der Waals surface area contributed by atoms with Crippen molar-refractivity contribution < 1.29 is 14.7 Å². The van der Waals surface area contributed by atoms with E-state index in [2.05, 4.69) is 0 Å². The highest BCUT2D eigenvalue weighted by Crippen LogP contribution is 2.31. The fourth-order valence-electron chi connectivity index (χ4n) is 2.98. The van der Waals surface area contributed by atoms with Crippen molar-refractivity contribution in [2.24, 2.45) is 22.9 Å². The SMILES string of the molecule is CCC(N)C(N)(N)N.O=C(c1ccccc1)c1ccc2n1CCC2C(=O)O. The summed E-state index contributed by atoms with van der Waals surface area (Å²) in [5.74, 6) is -2.58. The van der Waals surface area contributed by atoms with Gasteiger partial charge in [-0.05, 0) is 25.0 Å². The number of hydrogen-bond acceptors (Lipinski definition) is 6. The highest BCUT2D eigenvalue weighted by Gasteiger charge is 2.31. The maximum Gasteiger partial charge on any atom is 0.312 e. The molecule has 1 aliphatic heterocycles. The topological polar surface area (TPSA) is 163 Å². The summed E-state index contributed by atoms with van der Waals surface area (Å²) in [6.07, 6.45) is 1.25. The molecule has 8 heteroatoms. The summed E-state index contributed by atoms with van der Waals surface area (Å²) >= 11 is 0. The van der Waals surface area contributed by atoms with Crippen LogP contribution in [0.15, 0.2) is 42.5 Å². The van der Waals surface area contributed by atoms with Crippen LogP contribution < -0.4 is 22.9 Å². The van der Waals surface area contributed by atoms with Gasteiger partial charge in [0.2, 0.25) is 5.78 Å². The maximum atomic E-state index is 12.4. The van der Waals surface area contributed by atoms with Gasteiger partial charge in [-0.1, -0.05) is 37.3 Å². The van der Waals surface area contributed by atoms with E-state index in [1.807, 2.05) is 29.7 Å². The zero-order chi connectivity index (χ0) is 20.2. The van der Waals surface area contributed by atoms with Crippen LogP contribution in [0.3, 0.4) is 0 Å². The molecule has 0 fully saturated rings. The fraction of sp³-hybridized carbons (Fsp3) is 0.368. The molecule has 1 aliphatic rings. The van der Waals surface area contributed by atoms with Gasteiger partial charge in [0.05, 0.1) is 11.6 Å². The Bertz CT molecular complexity index is 795. The molecule has 0 spiro atoms. The molecular formula is C19H27N5O3. The van der Waals surface area contributed by atoms with Crippen molar-refractivity contribution in [3.63, 3.8) is 0 Å². The monoisotopic (exact) mass is 373 g/mol. The Hall–Kier alpha value is -2.52. The van der Waals surface area contributed by atoms with Crippen LogP contribution in [0.1, 0.15) is 47.4 Å². The Kier molecular flexibility index (Phi) is 6.50. The molecule has 1 aromatic carbocycles. The lowest BCUT2D eigenvalue weighted by Crippen LogP contribution is -2.68. The number of ketones is 1. The summed E-state index contributed by atoms with van der Waals surface area (Å²) < 4.78 is 1.83. The summed E-state index contributed by atoms with van der Waals surface area (Å²) in [6.45, 7) is 2.47. The predicted octanol–water partition coefficient (Wildman–Crippen LogP) is 0.545. The molecule has 0 saturated heterocycles. The van der Waals surface area contributed by atoms with Crippen LogP contribution in [0, 0.1) is 0 Å². The van der Waals surface area contributed by atoms with E-state index < -0.39 is 17.7 Å². The van der Waals surface area contributed by atoms with Crippen LogP contribution in [-0.4, -0.2) is 33.3 Å². The molecule has 0 bridgehead atoms. The van der Waals surface area contributed by atoms with Gasteiger partial charge in [-0.2, -0.15) is 0 Å². The fourth-order valence-corrected chi connectivity index (χ4v) is 2.98. The second-order valence-electron chi connectivity index (χ2n) is 6.68. The van der Waals surface area contributed by atoms with E-state index in [1.165, 1.54) is 0 Å². The number of benzene rings is 1. The standard InChI is InChI=1S/C15H13NO3.C4H14N4/c17-14(10-4-2-1-3-5-10)13-7-6-12-11(15(18)19)8-9-16(12)13;1-2-3(5)4(6,7)8/h1-7,11H,8-9H2,(H,18,19);3H,2,5-8H2,1H3. The zero-order valence-electron chi connectivity index (χ0n) is 15.3. The summed E-state index contributed by atoms with van der Waals surface area (Å²) in [7, 11) is 0. The van der Waals surface area contributed by atoms with Crippen molar-refractivity contribution in [3.8, 4) is 0 Å². The third-order valence-electron chi connectivity index (χ3n) is 4.66. The highest BCUT2D eigenvalue weighted by molar-refractivity contribution is 6.08. The third kappa shape index (κ3) is 4.81. The maximum absolute atomic E-state index is 12.4. The van der Waals surface area contributed by atoms with Crippen molar-refractivity contribution in [3.05, 3.63) is 59.4 Å². The van der Waals surface area contributed by atoms with Crippen LogP contribution in [0.25, 0.3) is 0 Å². The van der Waals surface area contributed by atoms with E-state index in [4.69, 9.17) is 28.0 Å². The van der Waals surface area contributed by atoms with E-state index in [0.717, 1.165) is 5.69 Å². The van der Waals surface area contributed by atoms with E-state index >= 15 is 0 Å². The lowest BCUT2D eigenvalue weighted by atomic mass is 10.1. The number of nitrogens with two attached hydrogens (primary N) is 4. The van der Waals surface area contributed by atoms with Gasteiger partial charge in [-0.15, -0.1) is 0 Å². The van der Waals surface area contributed by atoms with Gasteiger partial charge < -0.3 is 15.4 Å². The Labute approximate surface area is 158 Å². The van der Waals surface area contributed by atoms with Crippen molar-refractivity contribution in [1.29, 1.82) is 0 Å². The molecule has 0 amide bonds. The second kappa shape index (κ2) is 8.45. The zero-order valence-corrected chi connectivity index (χ0v) is 15.3. The van der Waals surface area contributed by atoms with Crippen molar-refractivity contribution in [2.75, 3.05) is 0 Å². The first-order chi connectivity index (χ1) is 12.7. The average molecular weight is 373 g/mol. The van der Waals surface area contributed by atoms with E-state index in [0.29, 0.717) is 30.6 Å². The number of carbonyl (C=O) groups is 2. The minimum Gasteiger partial charge on any atom is -0.481 e. The highest BCUT2D eigenvalue weighted by atomic mass is 16.4. The normalized spacial score (nSPS) is 16.9. The van der Waals surface area contributed by atoms with E-state index in [9.17, 15) is 9.59 Å². The number of aromatic nitrogens is 1. The van der Waals surface area contributed by atoms with Gasteiger partial charge in [0, 0.05) is 23.8 Å². The van der Waals surface area contributed by atoms with Gasteiger partial charge in [0.15, 0.2) is 0 Å². The number of aliphatic carboxylic acids is 1.